The molecule has 1 aliphatic heterocycles. The third-order valence-electron chi connectivity index (χ3n) is 7.80. The smallest absolute Gasteiger partial charge is 0.259 e. The van der Waals surface area contributed by atoms with Crippen LogP contribution in [0.3, 0.4) is 0 Å². The average molecular weight is 525 g/mol. The van der Waals surface area contributed by atoms with E-state index in [1.165, 1.54) is 21.0 Å². The SMILES string of the molecule is COc1cc(C)[nH]c(=O)c1CCC(=O)c1c(C)c(C(C)C2CCN(C(=O)C(C)(C)F)CC2)n2ncccc12. The van der Waals surface area contributed by atoms with Gasteiger partial charge in [0.1, 0.15) is 5.75 Å². The summed E-state index contributed by atoms with van der Waals surface area (Å²) >= 11 is 0. The van der Waals surface area contributed by atoms with Gasteiger partial charge in [-0.3, -0.25) is 14.4 Å². The number of carbonyl (C=O) groups excluding carboxylic acids is 2. The number of likely N-dealkylation sites (tertiary alicyclic amines) is 1. The Balaban J connectivity index is 1.58. The monoisotopic (exact) mass is 524 g/mol. The van der Waals surface area contributed by atoms with Gasteiger partial charge in [0.2, 0.25) is 0 Å². The van der Waals surface area contributed by atoms with Gasteiger partial charge in [0.25, 0.3) is 11.5 Å². The molecule has 0 aromatic carbocycles. The van der Waals surface area contributed by atoms with Crippen LogP contribution in [0, 0.1) is 19.8 Å². The topological polar surface area (TPSA) is 96.8 Å². The van der Waals surface area contributed by atoms with Crippen molar-refractivity contribution in [3.63, 3.8) is 0 Å². The summed E-state index contributed by atoms with van der Waals surface area (Å²) in [5.41, 5.74) is 2.26. The standard InChI is InChI=1S/C29H37FN4O4/c1-17-16-24(38-6)21(27(36)32-17)9-10-23(35)25-19(3)26(34-22(25)8-7-13-31-34)18(2)20-11-14-33(15-12-20)28(37)29(4,5)30/h7-8,13,16,18,20H,9-12,14-15H2,1-6H3,(H,32,36). The highest BCUT2D eigenvalue weighted by molar-refractivity contribution is 6.04. The van der Waals surface area contributed by atoms with Crippen LogP contribution in [0.15, 0.2) is 29.2 Å². The highest BCUT2D eigenvalue weighted by Gasteiger charge is 2.36. The summed E-state index contributed by atoms with van der Waals surface area (Å²) in [6, 6.07) is 5.47. The van der Waals surface area contributed by atoms with Crippen molar-refractivity contribution in [2.24, 2.45) is 5.92 Å². The molecular weight excluding hydrogens is 487 g/mol. The molecule has 0 saturated carbocycles. The second-order valence-electron chi connectivity index (χ2n) is 10.8. The van der Waals surface area contributed by atoms with Crippen molar-refractivity contribution in [3.8, 4) is 5.75 Å². The second-order valence-corrected chi connectivity index (χ2v) is 10.8. The lowest BCUT2D eigenvalue weighted by Gasteiger charge is -2.36. The largest absolute Gasteiger partial charge is 0.496 e. The van der Waals surface area contributed by atoms with Crippen molar-refractivity contribution in [3.05, 3.63) is 62.8 Å². The molecule has 4 heterocycles. The molecule has 3 aromatic rings. The first-order valence-electron chi connectivity index (χ1n) is 13.2. The Morgan fingerprint density at radius 2 is 1.95 bits per heavy atom. The van der Waals surface area contributed by atoms with Gasteiger partial charge in [-0.05, 0) is 76.6 Å². The van der Waals surface area contributed by atoms with Gasteiger partial charge < -0.3 is 14.6 Å². The lowest BCUT2D eigenvalue weighted by atomic mass is 9.82. The molecule has 1 unspecified atom stereocenters. The van der Waals surface area contributed by atoms with Crippen molar-refractivity contribution in [1.82, 2.24) is 19.5 Å². The van der Waals surface area contributed by atoms with Crippen LogP contribution in [0.1, 0.15) is 78.8 Å². The molecule has 38 heavy (non-hydrogen) atoms. The van der Waals surface area contributed by atoms with E-state index in [-0.39, 0.29) is 36.0 Å². The van der Waals surface area contributed by atoms with E-state index in [0.29, 0.717) is 35.7 Å². The number of nitrogens with one attached hydrogen (secondary N) is 1. The molecule has 9 heteroatoms. The number of nitrogens with zero attached hydrogens (tertiary/aromatic N) is 3. The summed E-state index contributed by atoms with van der Waals surface area (Å²) in [6.07, 6.45) is 3.63. The number of alkyl halides is 1. The molecule has 1 N–H and O–H groups in total. The number of ether oxygens (including phenoxy) is 1. The molecule has 4 rings (SSSR count). The maximum absolute atomic E-state index is 14.2. The number of Topliss-reactive ketones (excluding diaryl/α,β-unsaturated/α-hetero) is 1. The summed E-state index contributed by atoms with van der Waals surface area (Å²) < 4.78 is 21.4. The molecule has 8 nitrogen and oxygen atoms in total. The molecule has 1 fully saturated rings. The van der Waals surface area contributed by atoms with Gasteiger partial charge in [-0.1, -0.05) is 6.92 Å². The molecule has 3 aromatic heterocycles. The predicted octanol–water partition coefficient (Wildman–Crippen LogP) is 4.55. The number of aromatic nitrogens is 3. The fraction of sp³-hybridized carbons (Fsp3) is 0.517. The fourth-order valence-electron chi connectivity index (χ4n) is 5.79. The maximum Gasteiger partial charge on any atom is 0.259 e. The predicted molar refractivity (Wildman–Crippen MR) is 144 cm³/mol. The quantitative estimate of drug-likeness (QED) is 0.436. The van der Waals surface area contributed by atoms with E-state index in [1.54, 1.807) is 24.1 Å². The number of methoxy groups -OCH3 is 1. The zero-order valence-corrected chi connectivity index (χ0v) is 23.1. The minimum Gasteiger partial charge on any atom is -0.496 e. The number of carbonyl (C=O) groups is 2. The highest BCUT2D eigenvalue weighted by Crippen LogP contribution is 2.37. The number of aryl methyl sites for hydroxylation is 1. The van der Waals surface area contributed by atoms with Gasteiger partial charge in [0.15, 0.2) is 11.5 Å². The molecule has 1 amide bonds. The number of piperidine rings is 1. The third-order valence-corrected chi connectivity index (χ3v) is 7.80. The summed E-state index contributed by atoms with van der Waals surface area (Å²) in [5.74, 6) is 0.300. The van der Waals surface area contributed by atoms with Crippen LogP contribution in [-0.4, -0.2) is 57.1 Å². The van der Waals surface area contributed by atoms with E-state index in [4.69, 9.17) is 4.74 Å². The Morgan fingerprint density at radius 1 is 1.26 bits per heavy atom. The van der Waals surface area contributed by atoms with Gasteiger partial charge in [0.05, 0.1) is 18.2 Å². The fourth-order valence-corrected chi connectivity index (χ4v) is 5.79. The molecule has 1 saturated heterocycles. The molecule has 0 radical (unpaired) electrons. The molecular formula is C29H37FN4O4. The van der Waals surface area contributed by atoms with Crippen molar-refractivity contribution in [1.29, 1.82) is 0 Å². The number of hydrogen-bond donors (Lipinski definition) is 1. The first-order valence-corrected chi connectivity index (χ1v) is 13.2. The first kappa shape index (κ1) is 27.5. The Bertz CT molecular complexity index is 1410. The summed E-state index contributed by atoms with van der Waals surface area (Å²) in [6.45, 7) is 9.50. The number of amides is 1. The minimum absolute atomic E-state index is 0.0564. The summed E-state index contributed by atoms with van der Waals surface area (Å²) in [7, 11) is 1.52. The number of pyridine rings is 1. The number of ketones is 1. The average Bonchev–Trinajstić information content (AvgIpc) is 3.17. The van der Waals surface area contributed by atoms with Crippen LogP contribution < -0.4 is 10.3 Å². The number of halogens is 1. The Morgan fingerprint density at radius 3 is 2.58 bits per heavy atom. The maximum atomic E-state index is 14.2. The Labute approximate surface area is 222 Å². The second kappa shape index (κ2) is 10.7. The van der Waals surface area contributed by atoms with Crippen molar-refractivity contribution in [2.45, 2.75) is 71.9 Å². The lowest BCUT2D eigenvalue weighted by Crippen LogP contribution is -2.47. The zero-order valence-electron chi connectivity index (χ0n) is 23.1. The molecule has 0 bridgehead atoms. The van der Waals surface area contributed by atoms with Gasteiger partial charge >= 0.3 is 0 Å². The summed E-state index contributed by atoms with van der Waals surface area (Å²) in [4.78, 5) is 42.9. The number of H-pyrrole nitrogens is 1. The van der Waals surface area contributed by atoms with Crippen LogP contribution in [0.25, 0.3) is 5.52 Å². The Kier molecular flexibility index (Phi) is 7.76. The number of aromatic amines is 1. The Hall–Kier alpha value is -3.49. The van der Waals surface area contributed by atoms with Gasteiger partial charge in [0, 0.05) is 48.6 Å². The number of fused-ring (bicyclic) bond motifs is 1. The number of rotatable bonds is 8. The third kappa shape index (κ3) is 5.24. The van der Waals surface area contributed by atoms with Crippen LogP contribution in [0.2, 0.25) is 0 Å². The van der Waals surface area contributed by atoms with Crippen molar-refractivity contribution >= 4 is 17.2 Å². The van der Waals surface area contributed by atoms with Crippen LogP contribution >= 0.6 is 0 Å². The summed E-state index contributed by atoms with van der Waals surface area (Å²) in [5, 5.41) is 4.58. The van der Waals surface area contributed by atoms with E-state index in [1.807, 2.05) is 23.6 Å². The van der Waals surface area contributed by atoms with Crippen molar-refractivity contribution < 1.29 is 18.7 Å². The van der Waals surface area contributed by atoms with E-state index in [0.717, 1.165) is 29.6 Å². The zero-order chi connectivity index (χ0) is 27.8. The van der Waals surface area contributed by atoms with E-state index >= 15 is 0 Å². The van der Waals surface area contributed by atoms with Crippen LogP contribution in [-0.2, 0) is 11.2 Å². The van der Waals surface area contributed by atoms with Crippen molar-refractivity contribution in [2.75, 3.05) is 20.2 Å². The van der Waals surface area contributed by atoms with E-state index < -0.39 is 11.6 Å². The minimum atomic E-state index is -1.88. The molecule has 1 atom stereocenters. The van der Waals surface area contributed by atoms with E-state index in [2.05, 4.69) is 17.0 Å². The van der Waals surface area contributed by atoms with Gasteiger partial charge in [-0.25, -0.2) is 8.91 Å². The van der Waals surface area contributed by atoms with Crippen LogP contribution in [0.4, 0.5) is 4.39 Å². The van der Waals surface area contributed by atoms with E-state index in [9.17, 15) is 18.8 Å². The lowest BCUT2D eigenvalue weighted by molar-refractivity contribution is -0.143. The van der Waals surface area contributed by atoms with Gasteiger partial charge in [-0.15, -0.1) is 0 Å². The normalized spacial score (nSPS) is 15.6. The molecule has 1 aliphatic rings. The first-order chi connectivity index (χ1) is 17.9. The molecule has 0 spiro atoms. The molecule has 204 valence electrons. The highest BCUT2D eigenvalue weighted by atomic mass is 19.1. The molecule has 0 aliphatic carbocycles. The number of hydrogen-bond acceptors (Lipinski definition) is 5. The van der Waals surface area contributed by atoms with Crippen LogP contribution in [0.5, 0.6) is 5.75 Å². The van der Waals surface area contributed by atoms with Gasteiger partial charge in [-0.2, -0.15) is 5.10 Å².